The van der Waals surface area contributed by atoms with Crippen molar-refractivity contribution in [2.45, 2.75) is 25.8 Å². The minimum Gasteiger partial charge on any atom is -0.338 e. The van der Waals surface area contributed by atoms with Gasteiger partial charge < -0.3 is 10.6 Å². The summed E-state index contributed by atoms with van der Waals surface area (Å²) < 4.78 is 1.95. The van der Waals surface area contributed by atoms with E-state index in [4.69, 9.17) is 5.73 Å². The first-order valence-electron chi connectivity index (χ1n) is 10.3. The Morgan fingerprint density at radius 3 is 2.41 bits per heavy atom. The molecule has 1 aliphatic rings. The number of carbonyl (C=O) groups excluding carboxylic acids is 1. The Morgan fingerprint density at radius 1 is 1.07 bits per heavy atom. The van der Waals surface area contributed by atoms with E-state index in [-0.39, 0.29) is 17.7 Å². The van der Waals surface area contributed by atoms with Gasteiger partial charge in [-0.1, -0.05) is 67.6 Å². The van der Waals surface area contributed by atoms with Crippen LogP contribution in [0.4, 0.5) is 0 Å². The van der Waals surface area contributed by atoms with E-state index in [9.17, 15) is 4.79 Å². The summed E-state index contributed by atoms with van der Waals surface area (Å²) in [4.78, 5) is 15.3. The van der Waals surface area contributed by atoms with E-state index in [1.54, 1.807) is 6.20 Å². The second-order valence-corrected chi connectivity index (χ2v) is 7.72. The molecule has 1 fully saturated rings. The molecule has 2 heterocycles. The van der Waals surface area contributed by atoms with Crippen molar-refractivity contribution in [1.82, 2.24) is 14.7 Å². The first-order chi connectivity index (χ1) is 14.2. The van der Waals surface area contributed by atoms with E-state index in [0.29, 0.717) is 31.7 Å². The maximum Gasteiger partial charge on any atom is 0.257 e. The summed E-state index contributed by atoms with van der Waals surface area (Å²) in [5, 5.41) is 4.54. The van der Waals surface area contributed by atoms with Crippen LogP contribution in [0.1, 0.15) is 40.0 Å². The average molecular weight is 389 g/mol. The van der Waals surface area contributed by atoms with E-state index in [0.717, 1.165) is 12.1 Å². The largest absolute Gasteiger partial charge is 0.338 e. The number of nitrogens with two attached hydrogens (primary N) is 1. The molecule has 4 rings (SSSR count). The number of amides is 1. The van der Waals surface area contributed by atoms with Gasteiger partial charge in [0, 0.05) is 19.0 Å². The second-order valence-electron chi connectivity index (χ2n) is 7.72. The van der Waals surface area contributed by atoms with Crippen LogP contribution in [-0.4, -0.2) is 40.2 Å². The fourth-order valence-electron chi connectivity index (χ4n) is 4.38. The first kappa shape index (κ1) is 19.4. The third-order valence-corrected chi connectivity index (χ3v) is 5.95. The van der Waals surface area contributed by atoms with Crippen molar-refractivity contribution in [1.29, 1.82) is 0 Å². The Kier molecular flexibility index (Phi) is 5.76. The van der Waals surface area contributed by atoms with Crippen LogP contribution < -0.4 is 5.73 Å². The summed E-state index contributed by atoms with van der Waals surface area (Å²) in [6, 6.07) is 20.6. The molecule has 2 N–H and O–H groups in total. The molecule has 1 amide bonds. The number of hydrogen-bond donors (Lipinski definition) is 1. The molecule has 0 saturated carbocycles. The molecule has 5 heteroatoms. The van der Waals surface area contributed by atoms with Crippen LogP contribution in [0, 0.1) is 5.92 Å². The smallest absolute Gasteiger partial charge is 0.257 e. The third-order valence-electron chi connectivity index (χ3n) is 5.95. The van der Waals surface area contributed by atoms with Crippen LogP contribution in [0.5, 0.6) is 0 Å². The van der Waals surface area contributed by atoms with Gasteiger partial charge in [-0.2, -0.15) is 5.10 Å². The Bertz CT molecular complexity index is 952. The number of carbonyl (C=O) groups is 1. The van der Waals surface area contributed by atoms with Gasteiger partial charge in [0.05, 0.1) is 24.0 Å². The van der Waals surface area contributed by atoms with Gasteiger partial charge in [0.1, 0.15) is 0 Å². The minimum absolute atomic E-state index is 0.0676. The van der Waals surface area contributed by atoms with E-state index in [1.165, 1.54) is 11.1 Å². The minimum atomic E-state index is 0.0676. The lowest BCUT2D eigenvalue weighted by Gasteiger charge is -2.17. The molecule has 3 aromatic rings. The van der Waals surface area contributed by atoms with Crippen molar-refractivity contribution in [3.05, 3.63) is 89.2 Å². The molecule has 5 nitrogen and oxygen atoms in total. The number of benzene rings is 2. The first-order valence-corrected chi connectivity index (χ1v) is 10.3. The summed E-state index contributed by atoms with van der Waals surface area (Å²) in [5.41, 5.74) is 10.2. The standard InChI is InChI=1S/C24H28N4O/c1-2-23-21(14-26-28(23)15-18-9-5-3-6-10-18)24(29)27-16-20(13-25)22(17-27)19-11-7-4-8-12-19/h3-12,14,20,22H,2,13,15-17,25H2,1H3/t20-,22+/m1/s1. The van der Waals surface area contributed by atoms with E-state index < -0.39 is 0 Å². The Labute approximate surface area is 172 Å². The van der Waals surface area contributed by atoms with E-state index in [1.807, 2.05) is 33.8 Å². The van der Waals surface area contributed by atoms with Crippen molar-refractivity contribution in [2.75, 3.05) is 19.6 Å². The number of likely N-dealkylation sites (tertiary alicyclic amines) is 1. The molecular weight excluding hydrogens is 360 g/mol. The third kappa shape index (κ3) is 3.96. The van der Waals surface area contributed by atoms with Gasteiger partial charge in [-0.15, -0.1) is 0 Å². The zero-order valence-corrected chi connectivity index (χ0v) is 16.9. The molecule has 0 bridgehead atoms. The van der Waals surface area contributed by atoms with Gasteiger partial charge in [0.25, 0.3) is 5.91 Å². The van der Waals surface area contributed by atoms with E-state index >= 15 is 0 Å². The predicted octanol–water partition coefficient (Wildman–Crippen LogP) is 3.31. The zero-order chi connectivity index (χ0) is 20.2. The summed E-state index contributed by atoms with van der Waals surface area (Å²) in [7, 11) is 0. The molecule has 0 radical (unpaired) electrons. The molecule has 0 spiro atoms. The number of hydrogen-bond acceptors (Lipinski definition) is 3. The van der Waals surface area contributed by atoms with Crippen LogP contribution in [0.25, 0.3) is 0 Å². The summed E-state index contributed by atoms with van der Waals surface area (Å²) in [6.45, 7) is 4.74. The predicted molar refractivity (Wildman–Crippen MR) is 115 cm³/mol. The second kappa shape index (κ2) is 8.62. The summed E-state index contributed by atoms with van der Waals surface area (Å²) in [5.74, 6) is 0.637. The van der Waals surface area contributed by atoms with E-state index in [2.05, 4.69) is 48.4 Å². The van der Waals surface area contributed by atoms with Gasteiger partial charge in [-0.25, -0.2) is 0 Å². The molecule has 29 heavy (non-hydrogen) atoms. The normalized spacial score (nSPS) is 18.9. The summed E-state index contributed by atoms with van der Waals surface area (Å²) in [6.07, 6.45) is 2.50. The van der Waals surface area contributed by atoms with Gasteiger partial charge in [0.15, 0.2) is 0 Å². The quantitative estimate of drug-likeness (QED) is 0.705. The molecule has 2 atom stereocenters. The molecule has 1 aromatic heterocycles. The van der Waals surface area contributed by atoms with Gasteiger partial charge in [0.2, 0.25) is 0 Å². The topological polar surface area (TPSA) is 64.2 Å². The molecule has 150 valence electrons. The van der Waals surface area contributed by atoms with Crippen molar-refractivity contribution in [3.8, 4) is 0 Å². The molecule has 0 unspecified atom stereocenters. The van der Waals surface area contributed by atoms with Crippen LogP contribution in [0.2, 0.25) is 0 Å². The SMILES string of the molecule is CCc1c(C(=O)N2C[C@@H](CN)[C@H](c3ccccc3)C2)cnn1Cc1ccccc1. The van der Waals surface area contributed by atoms with Crippen molar-refractivity contribution in [2.24, 2.45) is 11.7 Å². The van der Waals surface area contributed by atoms with Gasteiger partial charge in [-0.3, -0.25) is 9.48 Å². The van der Waals surface area contributed by atoms with Crippen LogP contribution >= 0.6 is 0 Å². The van der Waals surface area contributed by atoms with Gasteiger partial charge >= 0.3 is 0 Å². The van der Waals surface area contributed by atoms with Crippen LogP contribution in [0.3, 0.4) is 0 Å². The highest BCUT2D eigenvalue weighted by Crippen LogP contribution is 2.33. The van der Waals surface area contributed by atoms with Crippen LogP contribution in [0.15, 0.2) is 66.9 Å². The average Bonchev–Trinajstić information content (AvgIpc) is 3.38. The fraction of sp³-hybridized carbons (Fsp3) is 0.333. The molecular formula is C24H28N4O. The maximum absolute atomic E-state index is 13.4. The van der Waals surface area contributed by atoms with Crippen molar-refractivity contribution in [3.63, 3.8) is 0 Å². The maximum atomic E-state index is 13.4. The van der Waals surface area contributed by atoms with Gasteiger partial charge in [-0.05, 0) is 30.0 Å². The lowest BCUT2D eigenvalue weighted by Crippen LogP contribution is -2.30. The molecule has 2 aromatic carbocycles. The highest BCUT2D eigenvalue weighted by atomic mass is 16.2. The lowest BCUT2D eigenvalue weighted by atomic mass is 9.89. The number of aromatic nitrogens is 2. The number of nitrogens with zero attached hydrogens (tertiary/aromatic N) is 3. The van der Waals surface area contributed by atoms with Crippen molar-refractivity contribution >= 4 is 5.91 Å². The summed E-state index contributed by atoms with van der Waals surface area (Å²) >= 11 is 0. The fourth-order valence-corrected chi connectivity index (χ4v) is 4.38. The Balaban J connectivity index is 1.55. The van der Waals surface area contributed by atoms with Crippen LogP contribution in [-0.2, 0) is 13.0 Å². The molecule has 1 aliphatic heterocycles. The highest BCUT2D eigenvalue weighted by molar-refractivity contribution is 5.95. The monoisotopic (exact) mass is 388 g/mol. The number of rotatable bonds is 6. The Hall–Kier alpha value is -2.92. The van der Waals surface area contributed by atoms with Crippen molar-refractivity contribution < 1.29 is 4.79 Å². The highest BCUT2D eigenvalue weighted by Gasteiger charge is 2.36. The zero-order valence-electron chi connectivity index (χ0n) is 16.9. The Morgan fingerprint density at radius 2 is 1.76 bits per heavy atom. The molecule has 0 aliphatic carbocycles. The molecule has 1 saturated heterocycles. The lowest BCUT2D eigenvalue weighted by molar-refractivity contribution is 0.0785.